The lowest BCUT2D eigenvalue weighted by molar-refractivity contribution is -0.123. The van der Waals surface area contributed by atoms with Gasteiger partial charge in [-0.05, 0) is 38.2 Å². The number of rotatable bonds is 7. The molecule has 2 N–H and O–H groups in total. The fourth-order valence-electron chi connectivity index (χ4n) is 2.93. The molecule has 3 aromatic rings. The number of fused-ring (bicyclic) bond motifs is 1. The van der Waals surface area contributed by atoms with E-state index in [1.807, 2.05) is 30.3 Å². The second-order valence-corrected chi connectivity index (χ2v) is 6.92. The third kappa shape index (κ3) is 4.98. The predicted octanol–water partition coefficient (Wildman–Crippen LogP) is 3.60. The van der Waals surface area contributed by atoms with E-state index in [-0.39, 0.29) is 25.0 Å². The molecule has 0 saturated carbocycles. The lowest BCUT2D eigenvalue weighted by Crippen LogP contribution is -2.39. The normalized spacial score (nSPS) is 12.2. The largest absolute Gasteiger partial charge is 0.459 e. The average molecular weight is 419 g/mol. The number of hydrogen-bond acceptors (Lipinski definition) is 4. The van der Waals surface area contributed by atoms with Gasteiger partial charge in [0.1, 0.15) is 11.3 Å². The molecule has 2 amide bonds. The van der Waals surface area contributed by atoms with Crippen molar-refractivity contribution in [2.75, 3.05) is 25.5 Å². The molecule has 1 atom stereocenters. The minimum absolute atomic E-state index is 0.113. The number of carbonyl (C=O) groups is 2. The molecule has 0 unspecified atom stereocenters. The summed E-state index contributed by atoms with van der Waals surface area (Å²) >= 11 is 0. The Labute approximate surface area is 170 Å². The van der Waals surface area contributed by atoms with Crippen molar-refractivity contribution in [3.63, 3.8) is 0 Å². The monoisotopic (exact) mass is 419 g/mol. The zero-order valence-corrected chi connectivity index (χ0v) is 16.3. The van der Waals surface area contributed by atoms with Gasteiger partial charge in [-0.2, -0.15) is 0 Å². The lowest BCUT2D eigenvalue weighted by atomic mass is 10.2. The van der Waals surface area contributed by atoms with Gasteiger partial charge in [-0.1, -0.05) is 18.2 Å². The molecule has 0 saturated heterocycles. The Bertz CT molecular complexity index is 1050. The van der Waals surface area contributed by atoms with Crippen LogP contribution in [0.25, 0.3) is 11.0 Å². The molecule has 2 aromatic carbocycles. The fourth-order valence-corrected chi connectivity index (χ4v) is 2.93. The van der Waals surface area contributed by atoms with Gasteiger partial charge in [-0.3, -0.25) is 14.5 Å². The average Bonchev–Trinajstić information content (AvgIpc) is 3.12. The molecule has 1 heterocycles. The van der Waals surface area contributed by atoms with Gasteiger partial charge in [0.05, 0.1) is 24.8 Å². The van der Waals surface area contributed by atoms with Crippen molar-refractivity contribution in [2.24, 2.45) is 0 Å². The summed E-state index contributed by atoms with van der Waals surface area (Å²) in [6.45, 7) is 1.40. The number of likely N-dealkylation sites (N-methyl/N-ethyl adjacent to an activating group) is 1. The molecule has 30 heavy (non-hydrogen) atoms. The molecule has 3 rings (SSSR count). The van der Waals surface area contributed by atoms with E-state index in [1.54, 1.807) is 6.92 Å². The Morgan fingerprint density at radius 1 is 1.03 bits per heavy atom. The molecule has 0 bridgehead atoms. The first-order valence-electron chi connectivity index (χ1n) is 9.14. The number of para-hydroxylation sites is 1. The quantitative estimate of drug-likeness (QED) is 0.574. The summed E-state index contributed by atoms with van der Waals surface area (Å²) in [6, 6.07) is 10.6. The Balaban J connectivity index is 1.51. The summed E-state index contributed by atoms with van der Waals surface area (Å²) in [5.41, 5.74) is 0.238. The number of nitrogens with zero attached hydrogens (tertiary/aromatic N) is 1. The van der Waals surface area contributed by atoms with E-state index in [1.165, 1.54) is 11.9 Å². The summed E-state index contributed by atoms with van der Waals surface area (Å²) in [5.74, 6) is -4.93. The fraction of sp³-hybridized carbons (Fsp3) is 0.238. The number of benzene rings is 2. The molecular weight excluding hydrogens is 399 g/mol. The van der Waals surface area contributed by atoms with Crippen LogP contribution in [0.2, 0.25) is 0 Å². The van der Waals surface area contributed by atoms with Crippen LogP contribution in [-0.2, 0) is 9.59 Å². The standard InChI is InChI=1S/C21H20F3N3O3/c1-12(17-9-13-5-3-4-6-16(13)30-17)25-18(28)10-27(2)11-19(29)26-15-8-7-14(22)20(23)21(15)24/h3-9,12H,10-11H2,1-2H3,(H,25,28)(H,26,29)/t12-/m0/s1. The Morgan fingerprint density at radius 3 is 2.47 bits per heavy atom. The van der Waals surface area contributed by atoms with Gasteiger partial charge in [-0.25, -0.2) is 13.2 Å². The molecule has 0 spiro atoms. The van der Waals surface area contributed by atoms with Crippen LogP contribution in [0, 0.1) is 17.5 Å². The van der Waals surface area contributed by atoms with E-state index in [4.69, 9.17) is 4.42 Å². The summed E-state index contributed by atoms with van der Waals surface area (Å²) in [7, 11) is 1.52. The van der Waals surface area contributed by atoms with E-state index in [9.17, 15) is 22.8 Å². The maximum absolute atomic E-state index is 13.6. The van der Waals surface area contributed by atoms with Crippen molar-refractivity contribution < 1.29 is 27.2 Å². The zero-order valence-electron chi connectivity index (χ0n) is 16.3. The SMILES string of the molecule is C[C@H](NC(=O)CN(C)CC(=O)Nc1ccc(F)c(F)c1F)c1cc2ccccc2o1. The first-order chi connectivity index (χ1) is 14.2. The Kier molecular flexibility index (Phi) is 6.41. The van der Waals surface area contributed by atoms with E-state index in [0.717, 1.165) is 11.5 Å². The highest BCUT2D eigenvalue weighted by Gasteiger charge is 2.18. The predicted molar refractivity (Wildman–Crippen MR) is 105 cm³/mol. The summed E-state index contributed by atoms with van der Waals surface area (Å²) in [6.07, 6.45) is 0. The number of nitrogens with one attached hydrogen (secondary N) is 2. The number of hydrogen-bond donors (Lipinski definition) is 2. The van der Waals surface area contributed by atoms with Crippen LogP contribution in [0.15, 0.2) is 46.9 Å². The van der Waals surface area contributed by atoms with Gasteiger partial charge in [0, 0.05) is 5.39 Å². The van der Waals surface area contributed by atoms with Crippen molar-refractivity contribution >= 4 is 28.5 Å². The molecule has 158 valence electrons. The maximum Gasteiger partial charge on any atom is 0.238 e. The molecule has 9 heteroatoms. The van der Waals surface area contributed by atoms with Crippen LogP contribution in [-0.4, -0.2) is 36.9 Å². The first-order valence-corrected chi connectivity index (χ1v) is 9.14. The number of halogens is 3. The maximum atomic E-state index is 13.6. The Morgan fingerprint density at radius 2 is 1.73 bits per heavy atom. The van der Waals surface area contributed by atoms with Crippen LogP contribution >= 0.6 is 0 Å². The van der Waals surface area contributed by atoms with Crippen LogP contribution in [0.5, 0.6) is 0 Å². The number of carbonyl (C=O) groups excluding carboxylic acids is 2. The van der Waals surface area contributed by atoms with E-state index >= 15 is 0 Å². The van der Waals surface area contributed by atoms with Gasteiger partial charge < -0.3 is 15.1 Å². The van der Waals surface area contributed by atoms with Crippen molar-refractivity contribution in [2.45, 2.75) is 13.0 Å². The second-order valence-electron chi connectivity index (χ2n) is 6.92. The molecule has 0 aliphatic heterocycles. The number of furan rings is 1. The third-order valence-corrected chi connectivity index (χ3v) is 4.39. The third-order valence-electron chi connectivity index (χ3n) is 4.39. The van der Waals surface area contributed by atoms with Crippen molar-refractivity contribution in [3.8, 4) is 0 Å². The van der Waals surface area contributed by atoms with Crippen LogP contribution in [0.3, 0.4) is 0 Å². The van der Waals surface area contributed by atoms with Crippen LogP contribution in [0.4, 0.5) is 18.9 Å². The molecule has 0 fully saturated rings. The minimum Gasteiger partial charge on any atom is -0.459 e. The number of anilines is 1. The summed E-state index contributed by atoms with van der Waals surface area (Å²) < 4.78 is 45.5. The highest BCUT2D eigenvalue weighted by molar-refractivity contribution is 5.92. The topological polar surface area (TPSA) is 74.6 Å². The van der Waals surface area contributed by atoms with E-state index in [2.05, 4.69) is 10.6 Å². The van der Waals surface area contributed by atoms with Gasteiger partial charge >= 0.3 is 0 Å². The van der Waals surface area contributed by atoms with Gasteiger partial charge in [0.25, 0.3) is 0 Å². The minimum atomic E-state index is -1.67. The van der Waals surface area contributed by atoms with E-state index in [0.29, 0.717) is 17.4 Å². The lowest BCUT2D eigenvalue weighted by Gasteiger charge is -2.18. The van der Waals surface area contributed by atoms with E-state index < -0.39 is 29.0 Å². The Hall–Kier alpha value is -3.33. The molecule has 0 aliphatic carbocycles. The molecule has 1 aromatic heterocycles. The number of amides is 2. The van der Waals surface area contributed by atoms with Gasteiger partial charge in [0.2, 0.25) is 11.8 Å². The van der Waals surface area contributed by atoms with Gasteiger partial charge in [0.15, 0.2) is 17.5 Å². The van der Waals surface area contributed by atoms with Gasteiger partial charge in [-0.15, -0.1) is 0 Å². The molecule has 0 aliphatic rings. The smallest absolute Gasteiger partial charge is 0.238 e. The van der Waals surface area contributed by atoms with Crippen LogP contribution in [0.1, 0.15) is 18.7 Å². The highest BCUT2D eigenvalue weighted by atomic mass is 19.2. The molecule has 0 radical (unpaired) electrons. The summed E-state index contributed by atoms with van der Waals surface area (Å²) in [4.78, 5) is 25.7. The van der Waals surface area contributed by atoms with Crippen molar-refractivity contribution in [1.82, 2.24) is 10.2 Å². The zero-order chi connectivity index (χ0) is 21.8. The first kappa shape index (κ1) is 21.4. The van der Waals surface area contributed by atoms with Crippen molar-refractivity contribution in [3.05, 3.63) is 65.7 Å². The molecular formula is C21H20F3N3O3. The summed E-state index contributed by atoms with van der Waals surface area (Å²) in [5, 5.41) is 5.85. The second kappa shape index (κ2) is 9.00. The van der Waals surface area contributed by atoms with Crippen molar-refractivity contribution in [1.29, 1.82) is 0 Å². The van der Waals surface area contributed by atoms with Crippen LogP contribution < -0.4 is 10.6 Å². The highest BCUT2D eigenvalue weighted by Crippen LogP contribution is 2.23. The molecule has 6 nitrogen and oxygen atoms in total.